The highest BCUT2D eigenvalue weighted by Gasteiger charge is 2.29. The molecule has 4 rings (SSSR count). The van der Waals surface area contributed by atoms with E-state index in [-0.39, 0.29) is 5.97 Å². The molecule has 0 N–H and O–H groups in total. The molecule has 7 heteroatoms. The van der Waals surface area contributed by atoms with Gasteiger partial charge in [0.1, 0.15) is 0 Å². The van der Waals surface area contributed by atoms with E-state index >= 15 is 0 Å². The van der Waals surface area contributed by atoms with Gasteiger partial charge in [-0.15, -0.1) is 28.2 Å². The number of aromatic nitrogens is 2. The molecule has 0 aliphatic carbocycles. The molecule has 0 amide bonds. The minimum absolute atomic E-state index is 0.169. The van der Waals surface area contributed by atoms with E-state index in [1.165, 1.54) is 15.3 Å². The van der Waals surface area contributed by atoms with Crippen LogP contribution in [0.2, 0.25) is 0 Å². The minimum atomic E-state index is -0.474. The van der Waals surface area contributed by atoms with Crippen molar-refractivity contribution in [3.63, 3.8) is 0 Å². The van der Waals surface area contributed by atoms with Crippen LogP contribution in [0.3, 0.4) is 0 Å². The van der Waals surface area contributed by atoms with Gasteiger partial charge < -0.3 is 4.84 Å². The van der Waals surface area contributed by atoms with Crippen LogP contribution in [0, 0.1) is 5.41 Å². The van der Waals surface area contributed by atoms with E-state index < -0.39 is 5.41 Å². The van der Waals surface area contributed by atoms with Gasteiger partial charge in [-0.05, 0) is 45.7 Å². The lowest BCUT2D eigenvalue weighted by Crippen LogP contribution is -2.38. The smallest absolute Gasteiger partial charge is 0.330 e. The standard InChI is InChI=1S/C23H27N3O2S2/c1-23(2,3)22(27)28-26-12-9-17(10-13-26)21-25-18(15-30-21)14-29-19-8-4-6-16-7-5-11-24-20(16)19/h4-8,11,15,17H,9-10,12-14H2,1-3H3. The number of benzene rings is 1. The van der Waals surface area contributed by atoms with Crippen LogP contribution in [0.4, 0.5) is 0 Å². The van der Waals surface area contributed by atoms with Crippen LogP contribution in [-0.4, -0.2) is 34.1 Å². The van der Waals surface area contributed by atoms with Gasteiger partial charge in [-0.1, -0.05) is 18.2 Å². The lowest BCUT2D eigenvalue weighted by atomic mass is 9.97. The molecular formula is C23H27N3O2S2. The molecule has 3 aromatic rings. The van der Waals surface area contributed by atoms with Crippen LogP contribution in [0.5, 0.6) is 0 Å². The Morgan fingerprint density at radius 1 is 1.23 bits per heavy atom. The highest BCUT2D eigenvalue weighted by atomic mass is 32.2. The zero-order valence-corrected chi connectivity index (χ0v) is 19.3. The molecule has 0 atom stereocenters. The van der Waals surface area contributed by atoms with E-state index in [2.05, 4.69) is 34.6 Å². The maximum Gasteiger partial charge on any atom is 0.330 e. The molecule has 0 bridgehead atoms. The number of para-hydroxylation sites is 1. The largest absolute Gasteiger partial charge is 0.367 e. The van der Waals surface area contributed by atoms with Gasteiger partial charge in [0, 0.05) is 46.6 Å². The number of carbonyl (C=O) groups is 1. The van der Waals surface area contributed by atoms with E-state index in [1.807, 2.05) is 38.1 Å². The summed E-state index contributed by atoms with van der Waals surface area (Å²) in [7, 11) is 0. The van der Waals surface area contributed by atoms with Crippen LogP contribution in [0.25, 0.3) is 10.9 Å². The first kappa shape index (κ1) is 21.3. The lowest BCUT2D eigenvalue weighted by molar-refractivity contribution is -0.204. The number of hydroxylamine groups is 2. The molecule has 1 fully saturated rings. The second-order valence-electron chi connectivity index (χ2n) is 8.63. The fourth-order valence-electron chi connectivity index (χ4n) is 3.37. The number of hydrogen-bond acceptors (Lipinski definition) is 7. The number of carbonyl (C=O) groups excluding carboxylic acids is 1. The number of thioether (sulfide) groups is 1. The molecule has 5 nitrogen and oxygen atoms in total. The Balaban J connectivity index is 1.32. The van der Waals surface area contributed by atoms with E-state index in [9.17, 15) is 4.79 Å². The van der Waals surface area contributed by atoms with Crippen molar-refractivity contribution in [3.05, 3.63) is 52.6 Å². The Kier molecular flexibility index (Phi) is 6.41. The Morgan fingerprint density at radius 2 is 2.00 bits per heavy atom. The van der Waals surface area contributed by atoms with Gasteiger partial charge >= 0.3 is 5.97 Å². The Labute approximate surface area is 185 Å². The number of fused-ring (bicyclic) bond motifs is 1. The number of pyridine rings is 1. The SMILES string of the molecule is CC(C)(C)C(=O)ON1CCC(c2nc(CSc3cccc4cccnc34)cs2)CC1. The van der Waals surface area contributed by atoms with Gasteiger partial charge in [-0.3, -0.25) is 4.98 Å². The summed E-state index contributed by atoms with van der Waals surface area (Å²) in [5, 5.41) is 6.35. The van der Waals surface area contributed by atoms with E-state index in [0.29, 0.717) is 5.92 Å². The highest BCUT2D eigenvalue weighted by molar-refractivity contribution is 7.98. The maximum absolute atomic E-state index is 12.1. The predicted molar refractivity (Wildman–Crippen MR) is 123 cm³/mol. The number of piperidine rings is 1. The van der Waals surface area contributed by atoms with Crippen molar-refractivity contribution in [1.82, 2.24) is 15.0 Å². The maximum atomic E-state index is 12.1. The summed E-state index contributed by atoms with van der Waals surface area (Å²) in [4.78, 5) is 28.2. The van der Waals surface area contributed by atoms with E-state index in [4.69, 9.17) is 9.82 Å². The molecule has 0 spiro atoms. The molecule has 3 heterocycles. The zero-order chi connectivity index (χ0) is 21.1. The first-order chi connectivity index (χ1) is 14.4. The summed E-state index contributed by atoms with van der Waals surface area (Å²) in [6.07, 6.45) is 3.77. The summed E-state index contributed by atoms with van der Waals surface area (Å²) in [6, 6.07) is 10.4. The molecule has 1 aliphatic heterocycles. The zero-order valence-electron chi connectivity index (χ0n) is 17.6. The normalized spacial score (nSPS) is 16.1. The number of hydrogen-bond donors (Lipinski definition) is 0. The van der Waals surface area contributed by atoms with Crippen molar-refractivity contribution in [2.24, 2.45) is 5.41 Å². The molecule has 1 aliphatic rings. The Bertz CT molecular complexity index is 1020. The van der Waals surface area contributed by atoms with Crippen LogP contribution in [-0.2, 0) is 15.4 Å². The summed E-state index contributed by atoms with van der Waals surface area (Å²) in [6.45, 7) is 7.16. The predicted octanol–water partition coefficient (Wildman–Crippen LogP) is 5.67. The van der Waals surface area contributed by atoms with Crippen molar-refractivity contribution in [2.45, 2.75) is 50.2 Å². The summed E-state index contributed by atoms with van der Waals surface area (Å²) < 4.78 is 0. The summed E-state index contributed by atoms with van der Waals surface area (Å²) in [5.41, 5.74) is 1.70. The third kappa shape index (κ3) is 5.02. The van der Waals surface area contributed by atoms with Gasteiger partial charge in [-0.25, -0.2) is 9.78 Å². The average Bonchev–Trinajstić information content (AvgIpc) is 3.21. The highest BCUT2D eigenvalue weighted by Crippen LogP contribution is 2.33. The van der Waals surface area contributed by atoms with Gasteiger partial charge in [0.15, 0.2) is 0 Å². The van der Waals surface area contributed by atoms with Crippen LogP contribution in [0.1, 0.15) is 50.2 Å². The lowest BCUT2D eigenvalue weighted by Gasteiger charge is -2.31. The van der Waals surface area contributed by atoms with Crippen LogP contribution < -0.4 is 0 Å². The molecule has 0 unspecified atom stereocenters. The first-order valence-corrected chi connectivity index (χ1v) is 12.1. The third-order valence-electron chi connectivity index (χ3n) is 5.17. The molecule has 158 valence electrons. The molecule has 0 radical (unpaired) electrons. The van der Waals surface area contributed by atoms with Gasteiger partial charge in [0.25, 0.3) is 0 Å². The third-order valence-corrected chi connectivity index (χ3v) is 7.30. The second-order valence-corrected chi connectivity index (χ2v) is 10.5. The van der Waals surface area contributed by atoms with Gasteiger partial charge in [0.05, 0.1) is 21.6 Å². The van der Waals surface area contributed by atoms with Crippen molar-refractivity contribution in [3.8, 4) is 0 Å². The minimum Gasteiger partial charge on any atom is -0.367 e. The van der Waals surface area contributed by atoms with E-state index in [1.54, 1.807) is 23.1 Å². The van der Waals surface area contributed by atoms with Crippen LogP contribution >= 0.6 is 23.1 Å². The number of thiazole rings is 1. The second kappa shape index (κ2) is 9.04. The fourth-order valence-corrected chi connectivity index (χ4v) is 5.40. The monoisotopic (exact) mass is 441 g/mol. The van der Waals surface area contributed by atoms with Crippen LogP contribution in [0.15, 0.2) is 46.8 Å². The summed E-state index contributed by atoms with van der Waals surface area (Å²) in [5.74, 6) is 1.11. The van der Waals surface area contributed by atoms with Crippen molar-refractivity contribution < 1.29 is 9.63 Å². The molecule has 1 aromatic carbocycles. The number of nitrogens with zero attached hydrogens (tertiary/aromatic N) is 3. The van der Waals surface area contributed by atoms with Gasteiger partial charge in [-0.2, -0.15) is 0 Å². The average molecular weight is 442 g/mol. The van der Waals surface area contributed by atoms with E-state index in [0.717, 1.165) is 42.9 Å². The van der Waals surface area contributed by atoms with Crippen molar-refractivity contribution in [2.75, 3.05) is 13.1 Å². The number of rotatable bonds is 5. The Hall–Kier alpha value is -1.96. The molecule has 2 aromatic heterocycles. The molecular weight excluding hydrogens is 414 g/mol. The Morgan fingerprint density at radius 3 is 2.77 bits per heavy atom. The van der Waals surface area contributed by atoms with Crippen molar-refractivity contribution >= 4 is 40.0 Å². The molecule has 1 saturated heterocycles. The molecule has 30 heavy (non-hydrogen) atoms. The first-order valence-electron chi connectivity index (χ1n) is 10.3. The van der Waals surface area contributed by atoms with Gasteiger partial charge in [0.2, 0.25) is 0 Å². The quantitative estimate of drug-likeness (QED) is 0.476. The topological polar surface area (TPSA) is 55.3 Å². The van der Waals surface area contributed by atoms with Crippen molar-refractivity contribution in [1.29, 1.82) is 0 Å². The fraction of sp³-hybridized carbons (Fsp3) is 0.435. The molecule has 0 saturated carbocycles. The summed E-state index contributed by atoms with van der Waals surface area (Å²) >= 11 is 3.54.